The van der Waals surface area contributed by atoms with E-state index >= 15 is 0 Å². The third-order valence-electron chi connectivity index (χ3n) is 2.95. The third-order valence-corrected chi connectivity index (χ3v) is 3.29. The van der Waals surface area contributed by atoms with Crippen molar-refractivity contribution in [1.29, 1.82) is 0 Å². The van der Waals surface area contributed by atoms with E-state index in [-0.39, 0.29) is 0 Å². The SMILES string of the molecule is C#Cc1ccc(C2=CC=C(Cl)C(=C)N2CC(F)F)cc1. The standard InChI is InChI=1S/C16H12ClF2N/c1-3-12-4-6-13(7-5-12)15-9-8-14(17)11(2)20(15)10-16(18)19/h1,4-9,16H,2,10H2. The molecule has 1 aliphatic heterocycles. The molecule has 0 spiro atoms. The fourth-order valence-electron chi connectivity index (χ4n) is 1.95. The lowest BCUT2D eigenvalue weighted by Crippen LogP contribution is -2.28. The molecule has 0 aliphatic carbocycles. The first-order chi connectivity index (χ1) is 9.52. The minimum atomic E-state index is -2.48. The summed E-state index contributed by atoms with van der Waals surface area (Å²) in [7, 11) is 0. The van der Waals surface area contributed by atoms with Gasteiger partial charge in [0.15, 0.2) is 0 Å². The van der Waals surface area contributed by atoms with Crippen LogP contribution in [0.5, 0.6) is 0 Å². The van der Waals surface area contributed by atoms with Gasteiger partial charge in [-0.3, -0.25) is 0 Å². The molecule has 20 heavy (non-hydrogen) atoms. The van der Waals surface area contributed by atoms with Crippen LogP contribution < -0.4 is 0 Å². The lowest BCUT2D eigenvalue weighted by atomic mass is 10.0. The molecule has 0 N–H and O–H groups in total. The van der Waals surface area contributed by atoms with E-state index in [9.17, 15) is 8.78 Å². The number of alkyl halides is 2. The van der Waals surface area contributed by atoms with Crippen molar-refractivity contribution < 1.29 is 8.78 Å². The summed E-state index contributed by atoms with van der Waals surface area (Å²) in [4.78, 5) is 1.41. The molecule has 0 saturated carbocycles. The maximum Gasteiger partial charge on any atom is 0.256 e. The van der Waals surface area contributed by atoms with Gasteiger partial charge in [-0.05, 0) is 29.8 Å². The molecule has 4 heteroatoms. The van der Waals surface area contributed by atoms with Gasteiger partial charge in [0, 0.05) is 11.3 Å². The Hall–Kier alpha value is -2.05. The molecule has 2 rings (SSSR count). The smallest absolute Gasteiger partial charge is 0.256 e. The Kier molecular flexibility index (Phi) is 4.26. The fourth-order valence-corrected chi connectivity index (χ4v) is 2.11. The van der Waals surface area contributed by atoms with Crippen molar-refractivity contribution in [2.24, 2.45) is 0 Å². The number of hydrogen-bond acceptors (Lipinski definition) is 1. The summed E-state index contributed by atoms with van der Waals surface area (Å²) in [5, 5.41) is 0.356. The summed E-state index contributed by atoms with van der Waals surface area (Å²) in [6.07, 6.45) is 6.16. The highest BCUT2D eigenvalue weighted by atomic mass is 35.5. The molecule has 1 heterocycles. The summed E-state index contributed by atoms with van der Waals surface area (Å²) >= 11 is 5.95. The fraction of sp³-hybridized carbons (Fsp3) is 0.125. The number of allylic oxidation sites excluding steroid dienone is 3. The average Bonchev–Trinajstić information content (AvgIpc) is 2.44. The van der Waals surface area contributed by atoms with Gasteiger partial charge in [0.1, 0.15) is 0 Å². The van der Waals surface area contributed by atoms with Crippen LogP contribution in [-0.2, 0) is 0 Å². The quantitative estimate of drug-likeness (QED) is 0.754. The zero-order valence-corrected chi connectivity index (χ0v) is 11.4. The van der Waals surface area contributed by atoms with Crippen molar-refractivity contribution in [1.82, 2.24) is 4.90 Å². The lowest BCUT2D eigenvalue weighted by Gasteiger charge is -2.31. The molecule has 0 fully saturated rings. The van der Waals surface area contributed by atoms with E-state index in [1.54, 1.807) is 36.4 Å². The molecule has 0 aromatic heterocycles. The predicted octanol–water partition coefficient (Wildman–Crippen LogP) is 4.23. The zero-order chi connectivity index (χ0) is 14.7. The molecule has 102 valence electrons. The minimum Gasteiger partial charge on any atom is -0.334 e. The van der Waals surface area contributed by atoms with E-state index in [1.165, 1.54) is 4.90 Å². The van der Waals surface area contributed by atoms with Gasteiger partial charge in [-0.1, -0.05) is 36.2 Å². The Bertz CT molecular complexity index is 621. The second kappa shape index (κ2) is 5.94. The number of terminal acetylenes is 1. The monoisotopic (exact) mass is 291 g/mol. The van der Waals surface area contributed by atoms with Crippen LogP contribution in [-0.4, -0.2) is 17.9 Å². The second-order valence-corrected chi connectivity index (χ2v) is 4.64. The van der Waals surface area contributed by atoms with Crippen molar-refractivity contribution in [3.8, 4) is 12.3 Å². The molecular weight excluding hydrogens is 280 g/mol. The van der Waals surface area contributed by atoms with Crippen LogP contribution in [0, 0.1) is 12.3 Å². The molecule has 0 atom stereocenters. The van der Waals surface area contributed by atoms with Crippen molar-refractivity contribution >= 4 is 17.3 Å². The molecule has 0 unspecified atom stereocenters. The molecule has 1 aromatic rings. The Morgan fingerprint density at radius 1 is 1.25 bits per heavy atom. The number of rotatable bonds is 3. The van der Waals surface area contributed by atoms with Gasteiger partial charge < -0.3 is 4.90 Å². The summed E-state index contributed by atoms with van der Waals surface area (Å²) in [5.74, 6) is 2.51. The molecular formula is C16H12ClF2N. The summed E-state index contributed by atoms with van der Waals surface area (Å²) in [6, 6.07) is 7.11. The largest absolute Gasteiger partial charge is 0.334 e. The van der Waals surface area contributed by atoms with Crippen LogP contribution in [0.25, 0.3) is 5.70 Å². The van der Waals surface area contributed by atoms with Gasteiger partial charge in [-0.25, -0.2) is 8.78 Å². The zero-order valence-electron chi connectivity index (χ0n) is 10.6. The first-order valence-corrected chi connectivity index (χ1v) is 6.30. The van der Waals surface area contributed by atoms with Crippen LogP contribution >= 0.6 is 11.6 Å². The predicted molar refractivity (Wildman–Crippen MR) is 78.1 cm³/mol. The molecule has 1 aromatic carbocycles. The van der Waals surface area contributed by atoms with Crippen LogP contribution in [0.4, 0.5) is 8.78 Å². The Balaban J connectivity index is 2.39. The highest BCUT2D eigenvalue weighted by Gasteiger charge is 2.23. The van der Waals surface area contributed by atoms with Gasteiger partial charge in [0.25, 0.3) is 6.43 Å². The highest BCUT2D eigenvalue weighted by Crippen LogP contribution is 2.32. The van der Waals surface area contributed by atoms with Gasteiger partial charge in [-0.2, -0.15) is 0 Å². The van der Waals surface area contributed by atoms with E-state index in [0.717, 1.165) is 11.1 Å². The van der Waals surface area contributed by atoms with Crippen LogP contribution in [0.1, 0.15) is 11.1 Å². The molecule has 0 saturated heterocycles. The molecule has 0 radical (unpaired) electrons. The average molecular weight is 292 g/mol. The lowest BCUT2D eigenvalue weighted by molar-refractivity contribution is 0.123. The topological polar surface area (TPSA) is 3.24 Å². The van der Waals surface area contributed by atoms with E-state index < -0.39 is 13.0 Å². The highest BCUT2D eigenvalue weighted by molar-refractivity contribution is 6.32. The minimum absolute atomic E-state index is 0.356. The van der Waals surface area contributed by atoms with E-state index in [0.29, 0.717) is 16.4 Å². The molecule has 1 nitrogen and oxygen atoms in total. The van der Waals surface area contributed by atoms with Crippen molar-refractivity contribution in [3.05, 3.63) is 64.9 Å². The summed E-state index contributed by atoms with van der Waals surface area (Å²) in [6.45, 7) is 3.31. The van der Waals surface area contributed by atoms with Crippen LogP contribution in [0.3, 0.4) is 0 Å². The van der Waals surface area contributed by atoms with Gasteiger partial charge in [-0.15, -0.1) is 6.42 Å². The Labute approximate surface area is 121 Å². The number of nitrogens with zero attached hydrogens (tertiary/aromatic N) is 1. The number of benzene rings is 1. The van der Waals surface area contributed by atoms with Gasteiger partial charge >= 0.3 is 0 Å². The Morgan fingerprint density at radius 3 is 2.45 bits per heavy atom. The second-order valence-electron chi connectivity index (χ2n) is 4.24. The molecule has 0 amide bonds. The first-order valence-electron chi connectivity index (χ1n) is 5.92. The summed E-state index contributed by atoms with van der Waals surface area (Å²) < 4.78 is 25.5. The van der Waals surface area contributed by atoms with E-state index in [1.807, 2.05) is 0 Å². The van der Waals surface area contributed by atoms with Gasteiger partial charge in [0.05, 0.1) is 17.3 Å². The van der Waals surface area contributed by atoms with Crippen molar-refractivity contribution in [3.63, 3.8) is 0 Å². The van der Waals surface area contributed by atoms with Crippen LogP contribution in [0.15, 0.2) is 53.7 Å². The molecule has 1 aliphatic rings. The normalized spacial score (nSPS) is 14.9. The van der Waals surface area contributed by atoms with Crippen molar-refractivity contribution in [2.45, 2.75) is 6.43 Å². The van der Waals surface area contributed by atoms with Crippen molar-refractivity contribution in [2.75, 3.05) is 6.54 Å². The maximum atomic E-state index is 12.7. The Morgan fingerprint density at radius 2 is 1.90 bits per heavy atom. The van der Waals surface area contributed by atoms with Gasteiger partial charge in [0.2, 0.25) is 0 Å². The van der Waals surface area contributed by atoms with Crippen LogP contribution in [0.2, 0.25) is 0 Å². The van der Waals surface area contributed by atoms with E-state index in [2.05, 4.69) is 12.5 Å². The summed E-state index contributed by atoms with van der Waals surface area (Å²) in [5.41, 5.74) is 2.51. The molecule has 0 bridgehead atoms. The number of hydrogen-bond donors (Lipinski definition) is 0. The first kappa shape index (κ1) is 14.4. The third kappa shape index (κ3) is 2.92. The maximum absolute atomic E-state index is 12.7. The number of halogens is 3. The van der Waals surface area contributed by atoms with E-state index in [4.69, 9.17) is 18.0 Å².